The number of ether oxygens (including phenoxy) is 2. The van der Waals surface area contributed by atoms with Crippen molar-refractivity contribution in [3.63, 3.8) is 0 Å². The van der Waals surface area contributed by atoms with Crippen molar-refractivity contribution >= 4 is 46.2 Å². The Morgan fingerprint density at radius 3 is 2.56 bits per heavy atom. The van der Waals surface area contributed by atoms with Crippen LogP contribution >= 0.6 is 24.0 Å². The molecule has 2 aromatic carbocycles. The predicted molar refractivity (Wildman–Crippen MR) is 181 cm³/mol. The summed E-state index contributed by atoms with van der Waals surface area (Å²) in [5, 5.41) is 2.97. The van der Waals surface area contributed by atoms with Gasteiger partial charge in [0.2, 0.25) is 5.91 Å². The number of amides is 2. The predicted octanol–water partition coefficient (Wildman–Crippen LogP) is 5.97. The molecule has 236 valence electrons. The molecular formula is C35H39N3O5S2. The third kappa shape index (κ3) is 6.98. The molecule has 2 saturated carbocycles. The molecule has 2 amide bonds. The van der Waals surface area contributed by atoms with Gasteiger partial charge in [-0.2, -0.15) is 0 Å². The molecule has 1 saturated heterocycles. The fraction of sp³-hybridized carbons (Fsp3) is 0.400. The quantitative estimate of drug-likeness (QED) is 0.141. The summed E-state index contributed by atoms with van der Waals surface area (Å²) in [6.45, 7) is 0.459. The van der Waals surface area contributed by atoms with Crippen molar-refractivity contribution in [2.75, 3.05) is 20.8 Å². The maximum absolute atomic E-state index is 13.7. The van der Waals surface area contributed by atoms with Gasteiger partial charge < -0.3 is 24.9 Å². The lowest BCUT2D eigenvalue weighted by Crippen LogP contribution is -2.42. The lowest BCUT2D eigenvalue weighted by atomic mass is 9.94. The van der Waals surface area contributed by atoms with Gasteiger partial charge in [-0.1, -0.05) is 60.7 Å². The molecule has 0 spiro atoms. The minimum atomic E-state index is -0.622. The van der Waals surface area contributed by atoms with E-state index in [1.165, 1.54) is 31.0 Å². The number of nitrogens with one attached hydrogen (secondary N) is 1. The monoisotopic (exact) mass is 645 g/mol. The fourth-order valence-electron chi connectivity index (χ4n) is 6.85. The zero-order valence-corrected chi connectivity index (χ0v) is 27.3. The van der Waals surface area contributed by atoms with Crippen molar-refractivity contribution in [1.29, 1.82) is 0 Å². The third-order valence-corrected chi connectivity index (χ3v) is 10.5. The number of methoxy groups -OCH3 is 2. The summed E-state index contributed by atoms with van der Waals surface area (Å²) in [6, 6.07) is 16.9. The number of rotatable bonds is 12. The van der Waals surface area contributed by atoms with E-state index < -0.39 is 6.04 Å². The largest absolute Gasteiger partial charge is 0.497 e. The van der Waals surface area contributed by atoms with Gasteiger partial charge in [0.05, 0.1) is 25.2 Å². The highest BCUT2D eigenvalue weighted by atomic mass is 32.2. The molecule has 3 aromatic rings. The van der Waals surface area contributed by atoms with E-state index in [0.29, 0.717) is 69.9 Å². The second kappa shape index (κ2) is 13.8. The number of hydrogen-bond acceptors (Lipinski definition) is 8. The van der Waals surface area contributed by atoms with Crippen LogP contribution in [0, 0.1) is 11.8 Å². The number of carbonyl (C=O) groups excluding carboxylic acids is 2. The highest BCUT2D eigenvalue weighted by Crippen LogP contribution is 2.49. The first-order valence-corrected chi connectivity index (χ1v) is 16.8. The van der Waals surface area contributed by atoms with E-state index in [0.717, 1.165) is 23.1 Å². The first-order chi connectivity index (χ1) is 21.8. The van der Waals surface area contributed by atoms with Crippen LogP contribution in [0.25, 0.3) is 17.4 Å². The first kappa shape index (κ1) is 31.4. The van der Waals surface area contributed by atoms with E-state index in [9.17, 15) is 9.59 Å². The third-order valence-electron chi connectivity index (χ3n) is 9.15. The summed E-state index contributed by atoms with van der Waals surface area (Å²) < 4.78 is 18.0. The van der Waals surface area contributed by atoms with Crippen LogP contribution < -0.4 is 20.5 Å². The molecule has 2 bridgehead atoms. The van der Waals surface area contributed by atoms with Crippen LogP contribution in [0.15, 0.2) is 63.9 Å². The highest BCUT2D eigenvalue weighted by Gasteiger charge is 2.48. The highest BCUT2D eigenvalue weighted by molar-refractivity contribution is 8.26. The summed E-state index contributed by atoms with van der Waals surface area (Å²) in [7, 11) is 3.21. The maximum atomic E-state index is 13.7. The van der Waals surface area contributed by atoms with E-state index in [4.69, 9.17) is 31.8 Å². The fourth-order valence-corrected chi connectivity index (χ4v) is 8.19. The molecule has 3 N–H and O–H groups in total. The molecule has 8 nitrogen and oxygen atoms in total. The second-order valence-electron chi connectivity index (χ2n) is 12.1. The van der Waals surface area contributed by atoms with Gasteiger partial charge in [-0.15, -0.1) is 0 Å². The number of thiocarbonyl (C=S) groups is 1. The van der Waals surface area contributed by atoms with Crippen LogP contribution in [0.3, 0.4) is 0 Å². The van der Waals surface area contributed by atoms with E-state index >= 15 is 0 Å². The lowest BCUT2D eigenvalue weighted by Gasteiger charge is -2.30. The molecule has 3 aliphatic rings. The number of aryl methyl sites for hydroxylation is 1. The second-order valence-corrected chi connectivity index (χ2v) is 13.8. The zero-order valence-electron chi connectivity index (χ0n) is 25.6. The maximum Gasteiger partial charge on any atom is 0.266 e. The minimum absolute atomic E-state index is 0.0332. The van der Waals surface area contributed by atoms with E-state index in [1.54, 1.807) is 20.3 Å². The molecule has 6 rings (SSSR count). The Hall–Kier alpha value is -3.60. The molecule has 3 unspecified atom stereocenters. The Balaban J connectivity index is 1.19. The number of benzene rings is 2. The molecule has 4 atom stereocenters. The molecule has 45 heavy (non-hydrogen) atoms. The number of furan rings is 1. The van der Waals surface area contributed by atoms with E-state index in [-0.39, 0.29) is 17.9 Å². The zero-order chi connectivity index (χ0) is 31.5. The Morgan fingerprint density at radius 1 is 1.13 bits per heavy atom. The van der Waals surface area contributed by atoms with Gasteiger partial charge in [-0.3, -0.25) is 14.5 Å². The van der Waals surface area contributed by atoms with Crippen LogP contribution in [0.2, 0.25) is 0 Å². The van der Waals surface area contributed by atoms with Gasteiger partial charge in [0.1, 0.15) is 27.3 Å². The van der Waals surface area contributed by atoms with E-state index in [1.807, 2.05) is 59.5 Å². The SMILES string of the molecule is COc1cc(OC)cc(-c2cc(CCCNC(=O)[C@@H](N)Cc3ccccc3)c(/C=C3\SC(=S)N(C4CC5CCC4C5)C3=O)o2)c1. The number of thioether (sulfide) groups is 1. The summed E-state index contributed by atoms with van der Waals surface area (Å²) >= 11 is 7.07. The number of nitrogens with zero attached hydrogens (tertiary/aromatic N) is 1. The van der Waals surface area contributed by atoms with Crippen molar-refractivity contribution < 1.29 is 23.5 Å². The standard InChI is InChI=1S/C35H39N3O5S2/c1-41-26-16-25(17-27(19-26)42-2)30-18-24(9-6-12-37-33(39)28(36)14-21-7-4-3-5-8-21)31(43-30)20-32-34(40)38(35(44)45-32)29-15-22-10-11-23(29)13-22/h3-5,7-8,16-20,22-23,28-29H,6,9-15,36H2,1-2H3,(H,37,39)/b32-20-/t22?,23?,28-,29?/m0/s1. The Labute approximate surface area is 273 Å². The number of hydrogen-bond donors (Lipinski definition) is 2. The van der Waals surface area contributed by atoms with Crippen LogP contribution in [0.4, 0.5) is 0 Å². The average molecular weight is 646 g/mol. The van der Waals surface area contributed by atoms with Crippen molar-refractivity contribution in [2.45, 2.75) is 57.0 Å². The van der Waals surface area contributed by atoms with Crippen LogP contribution in [0.1, 0.15) is 49.0 Å². The van der Waals surface area contributed by atoms with Gasteiger partial charge >= 0.3 is 0 Å². The Morgan fingerprint density at radius 2 is 1.89 bits per heavy atom. The van der Waals surface area contributed by atoms with Gasteiger partial charge in [0, 0.05) is 30.3 Å². The summed E-state index contributed by atoms with van der Waals surface area (Å²) in [5.41, 5.74) is 8.92. The Kier molecular flexibility index (Phi) is 9.63. The summed E-state index contributed by atoms with van der Waals surface area (Å²) in [4.78, 5) is 28.8. The number of fused-ring (bicyclic) bond motifs is 2. The molecule has 1 aliphatic heterocycles. The van der Waals surface area contributed by atoms with Gasteiger partial charge in [0.25, 0.3) is 5.91 Å². The average Bonchev–Trinajstić information content (AvgIpc) is 3.84. The van der Waals surface area contributed by atoms with Crippen LogP contribution in [-0.2, 0) is 22.4 Å². The van der Waals surface area contributed by atoms with Crippen molar-refractivity contribution in [1.82, 2.24) is 10.2 Å². The van der Waals surface area contributed by atoms with Crippen LogP contribution in [0.5, 0.6) is 11.5 Å². The van der Waals surface area contributed by atoms with Crippen molar-refractivity contribution in [2.24, 2.45) is 17.6 Å². The van der Waals surface area contributed by atoms with E-state index in [2.05, 4.69) is 5.32 Å². The summed E-state index contributed by atoms with van der Waals surface area (Å²) in [6.07, 6.45) is 8.27. The van der Waals surface area contributed by atoms with Crippen molar-refractivity contribution in [3.05, 3.63) is 76.4 Å². The first-order valence-electron chi connectivity index (χ1n) is 15.5. The van der Waals surface area contributed by atoms with Crippen LogP contribution in [-0.4, -0.2) is 53.9 Å². The number of carbonyl (C=O) groups is 2. The summed E-state index contributed by atoms with van der Waals surface area (Å²) in [5.74, 6) is 3.56. The smallest absolute Gasteiger partial charge is 0.266 e. The van der Waals surface area contributed by atoms with Crippen molar-refractivity contribution in [3.8, 4) is 22.8 Å². The number of nitrogens with two attached hydrogens (primary N) is 1. The van der Waals surface area contributed by atoms with Gasteiger partial charge in [0.15, 0.2) is 0 Å². The molecular weight excluding hydrogens is 607 g/mol. The molecule has 2 heterocycles. The molecule has 10 heteroatoms. The molecule has 3 fully saturated rings. The molecule has 2 aliphatic carbocycles. The normalized spacial score (nSPS) is 22.3. The van der Waals surface area contributed by atoms with Gasteiger partial charge in [-0.05, 0) is 79.7 Å². The minimum Gasteiger partial charge on any atom is -0.497 e. The topological polar surface area (TPSA) is 107 Å². The molecule has 1 aromatic heterocycles. The lowest BCUT2D eigenvalue weighted by molar-refractivity contribution is -0.124. The Bertz CT molecular complexity index is 1580. The molecule has 0 radical (unpaired) electrons. The van der Waals surface area contributed by atoms with Gasteiger partial charge in [-0.25, -0.2) is 0 Å².